The molecule has 1 N–H and O–H groups in total. The lowest BCUT2D eigenvalue weighted by Gasteiger charge is -2.28. The van der Waals surface area contributed by atoms with E-state index in [1.807, 2.05) is 0 Å². The van der Waals surface area contributed by atoms with Crippen molar-refractivity contribution in [1.29, 1.82) is 0 Å². The van der Waals surface area contributed by atoms with Crippen LogP contribution in [-0.4, -0.2) is 77.6 Å². The maximum atomic E-state index is 15.4. The van der Waals surface area contributed by atoms with Crippen LogP contribution in [0.15, 0.2) is 35.3 Å². The van der Waals surface area contributed by atoms with Crippen molar-refractivity contribution in [1.82, 2.24) is 14.5 Å². The number of ether oxygens (including phenoxy) is 3. The molecule has 4 rings (SSSR count). The van der Waals surface area contributed by atoms with Crippen LogP contribution in [0, 0.1) is 5.82 Å². The van der Waals surface area contributed by atoms with E-state index in [4.69, 9.17) is 14.2 Å². The van der Waals surface area contributed by atoms with Gasteiger partial charge in [-0.2, -0.15) is 0 Å². The van der Waals surface area contributed by atoms with Gasteiger partial charge in [0.05, 0.1) is 32.2 Å². The number of rotatable bonds is 7. The Kier molecular flexibility index (Phi) is 7.90. The lowest BCUT2D eigenvalue weighted by Crippen LogP contribution is -2.42. The molecule has 40 heavy (non-hydrogen) atoms. The standard InChI is InChI=1S/C28H33FN4O7/c1-28(2,3)40-27(37)31(4)17-9-10-32(14-17)25-21(29)12-19-23(34)20(26(35)36)15-33(24(19)30-25)13-16-7-8-18(38-5)11-22(16)39-6/h7-8,11-12,15,17H,9-10,13-14H2,1-6H3,(H,35,36). The molecule has 1 aliphatic rings. The number of methoxy groups -OCH3 is 2. The Balaban J connectivity index is 1.74. The van der Waals surface area contributed by atoms with Crippen molar-refractivity contribution in [3.63, 3.8) is 0 Å². The fraction of sp³-hybridized carbons (Fsp3) is 0.429. The van der Waals surface area contributed by atoms with Gasteiger partial charge in [-0.05, 0) is 45.4 Å². The van der Waals surface area contributed by atoms with Crippen molar-refractivity contribution in [2.45, 2.75) is 45.4 Å². The minimum absolute atomic E-state index is 0.00510. The molecule has 0 radical (unpaired) electrons. The van der Waals surface area contributed by atoms with Crippen LogP contribution in [0.2, 0.25) is 0 Å². The number of hydrogen-bond donors (Lipinski definition) is 1. The molecule has 1 aromatic carbocycles. The van der Waals surface area contributed by atoms with Crippen LogP contribution >= 0.6 is 0 Å². The fourth-order valence-corrected chi connectivity index (χ4v) is 4.67. The summed E-state index contributed by atoms with van der Waals surface area (Å²) in [7, 11) is 4.66. The Labute approximate surface area is 230 Å². The number of halogens is 1. The van der Waals surface area contributed by atoms with Crippen molar-refractivity contribution in [3.8, 4) is 11.5 Å². The van der Waals surface area contributed by atoms with Gasteiger partial charge in [-0.3, -0.25) is 4.79 Å². The zero-order chi connectivity index (χ0) is 29.4. The Morgan fingerprint density at radius 1 is 1.20 bits per heavy atom. The van der Waals surface area contributed by atoms with Crippen LogP contribution in [0.1, 0.15) is 43.1 Å². The highest BCUT2D eigenvalue weighted by atomic mass is 19.1. The highest BCUT2D eigenvalue weighted by Crippen LogP contribution is 2.29. The number of likely N-dealkylation sites (N-methyl/N-ethyl adjacent to an activating group) is 1. The number of aromatic nitrogens is 2. The maximum Gasteiger partial charge on any atom is 0.410 e. The monoisotopic (exact) mass is 556 g/mol. The second kappa shape index (κ2) is 11.0. The SMILES string of the molecule is COc1ccc(Cn2cc(C(=O)O)c(=O)c3cc(F)c(N4CCC(N(C)C(=O)OC(C)(C)C)C4)nc32)c(OC)c1. The molecule has 12 heteroatoms. The molecule has 1 amide bonds. The first-order valence-electron chi connectivity index (χ1n) is 12.7. The normalized spacial score (nSPS) is 15.3. The summed E-state index contributed by atoms with van der Waals surface area (Å²) >= 11 is 0. The van der Waals surface area contributed by atoms with Gasteiger partial charge >= 0.3 is 12.1 Å². The quantitative estimate of drug-likeness (QED) is 0.463. The zero-order valence-corrected chi connectivity index (χ0v) is 23.4. The number of carbonyl (C=O) groups excluding carboxylic acids is 1. The zero-order valence-electron chi connectivity index (χ0n) is 23.4. The Bertz CT molecular complexity index is 1520. The lowest BCUT2D eigenvalue weighted by molar-refractivity contribution is 0.0237. The van der Waals surface area contributed by atoms with Crippen molar-refractivity contribution >= 4 is 28.9 Å². The summed E-state index contributed by atoms with van der Waals surface area (Å²) in [6.07, 6.45) is 1.28. The third-order valence-electron chi connectivity index (χ3n) is 6.74. The van der Waals surface area contributed by atoms with E-state index >= 15 is 4.39 Å². The fourth-order valence-electron chi connectivity index (χ4n) is 4.67. The first kappa shape index (κ1) is 28.7. The highest BCUT2D eigenvalue weighted by molar-refractivity contribution is 5.92. The molecular formula is C28H33FN4O7. The van der Waals surface area contributed by atoms with Gasteiger partial charge in [-0.15, -0.1) is 0 Å². The summed E-state index contributed by atoms with van der Waals surface area (Å²) in [5, 5.41) is 9.50. The first-order chi connectivity index (χ1) is 18.8. The number of hydrogen-bond acceptors (Lipinski definition) is 8. The number of carboxylic acids is 1. The second-order valence-electron chi connectivity index (χ2n) is 10.6. The van der Waals surface area contributed by atoms with Crippen molar-refractivity contribution < 1.29 is 33.3 Å². The molecule has 3 heterocycles. The number of aromatic carboxylic acids is 1. The Hall–Kier alpha value is -4.35. The van der Waals surface area contributed by atoms with Crippen LogP contribution in [0.4, 0.5) is 15.0 Å². The van der Waals surface area contributed by atoms with Gasteiger partial charge in [-0.1, -0.05) is 0 Å². The maximum absolute atomic E-state index is 15.4. The van der Waals surface area contributed by atoms with E-state index in [9.17, 15) is 19.5 Å². The molecule has 0 bridgehead atoms. The topological polar surface area (TPSA) is 123 Å². The van der Waals surface area contributed by atoms with Crippen LogP contribution in [-0.2, 0) is 11.3 Å². The predicted molar refractivity (Wildman–Crippen MR) is 146 cm³/mol. The molecule has 0 aliphatic carbocycles. The third-order valence-corrected chi connectivity index (χ3v) is 6.74. The number of carbonyl (C=O) groups is 2. The van der Waals surface area contributed by atoms with Crippen LogP contribution in [0.5, 0.6) is 11.5 Å². The molecule has 214 valence electrons. The molecule has 1 fully saturated rings. The van der Waals surface area contributed by atoms with Gasteiger partial charge in [0.2, 0.25) is 5.43 Å². The summed E-state index contributed by atoms with van der Waals surface area (Å²) in [6, 6.07) is 5.95. The molecule has 3 aromatic rings. The summed E-state index contributed by atoms with van der Waals surface area (Å²) in [5.74, 6) is -1.14. The van der Waals surface area contributed by atoms with E-state index in [1.165, 1.54) is 29.9 Å². The summed E-state index contributed by atoms with van der Waals surface area (Å²) < 4.78 is 33.1. The predicted octanol–water partition coefficient (Wildman–Crippen LogP) is 3.74. The first-order valence-corrected chi connectivity index (χ1v) is 12.7. The Morgan fingerprint density at radius 2 is 1.93 bits per heavy atom. The molecule has 1 atom stereocenters. The number of anilines is 1. The van der Waals surface area contributed by atoms with Crippen LogP contribution < -0.4 is 19.8 Å². The van der Waals surface area contributed by atoms with E-state index in [2.05, 4.69) is 4.98 Å². The minimum Gasteiger partial charge on any atom is -0.497 e. The summed E-state index contributed by atoms with van der Waals surface area (Å²) in [4.78, 5) is 45.1. The molecule has 2 aromatic heterocycles. The number of nitrogens with zero attached hydrogens (tertiary/aromatic N) is 4. The molecule has 11 nitrogen and oxygen atoms in total. The molecule has 1 aliphatic heterocycles. The van der Waals surface area contributed by atoms with Crippen LogP contribution in [0.25, 0.3) is 11.0 Å². The van der Waals surface area contributed by atoms with E-state index in [1.54, 1.807) is 50.9 Å². The number of pyridine rings is 2. The lowest BCUT2D eigenvalue weighted by atomic mass is 10.1. The van der Waals surface area contributed by atoms with Gasteiger partial charge in [0, 0.05) is 38.0 Å². The average molecular weight is 557 g/mol. The minimum atomic E-state index is -1.43. The number of fused-ring (bicyclic) bond motifs is 1. The van der Waals surface area contributed by atoms with Crippen molar-refractivity contribution in [2.24, 2.45) is 0 Å². The van der Waals surface area contributed by atoms with Gasteiger partial charge < -0.3 is 33.7 Å². The third kappa shape index (κ3) is 5.80. The van der Waals surface area contributed by atoms with Gasteiger partial charge in [0.15, 0.2) is 11.6 Å². The van der Waals surface area contributed by atoms with Gasteiger partial charge in [0.25, 0.3) is 0 Å². The molecular weight excluding hydrogens is 523 g/mol. The van der Waals surface area contributed by atoms with E-state index in [0.717, 1.165) is 6.07 Å². The highest BCUT2D eigenvalue weighted by Gasteiger charge is 2.33. The van der Waals surface area contributed by atoms with Gasteiger partial charge in [0.1, 0.15) is 28.3 Å². The molecule has 1 saturated heterocycles. The smallest absolute Gasteiger partial charge is 0.410 e. The molecule has 1 unspecified atom stereocenters. The van der Waals surface area contributed by atoms with Crippen molar-refractivity contribution in [2.75, 3.05) is 39.3 Å². The van der Waals surface area contributed by atoms with E-state index < -0.39 is 34.5 Å². The average Bonchev–Trinajstić information content (AvgIpc) is 3.38. The number of amides is 1. The largest absolute Gasteiger partial charge is 0.497 e. The molecule has 0 spiro atoms. The van der Waals surface area contributed by atoms with Crippen LogP contribution in [0.3, 0.4) is 0 Å². The Morgan fingerprint density at radius 3 is 2.55 bits per heavy atom. The van der Waals surface area contributed by atoms with E-state index in [-0.39, 0.29) is 29.4 Å². The second-order valence-corrected chi connectivity index (χ2v) is 10.6. The summed E-state index contributed by atoms with van der Waals surface area (Å²) in [6.45, 7) is 6.15. The van der Waals surface area contributed by atoms with Crippen molar-refractivity contribution in [3.05, 3.63) is 57.6 Å². The number of benzene rings is 1. The van der Waals surface area contributed by atoms with E-state index in [0.29, 0.717) is 36.6 Å². The van der Waals surface area contributed by atoms with Gasteiger partial charge in [-0.25, -0.2) is 19.0 Å². The molecule has 0 saturated carbocycles. The summed E-state index contributed by atoms with van der Waals surface area (Å²) in [5.41, 5.74) is -1.21. The number of carboxylic acid groups (broad SMARTS) is 1.